The zero-order chi connectivity index (χ0) is 19.9. The number of halogens is 1. The van der Waals surface area contributed by atoms with Gasteiger partial charge in [0.1, 0.15) is 11.6 Å². The average Bonchev–Trinajstić information content (AvgIpc) is 2.72. The van der Waals surface area contributed by atoms with Gasteiger partial charge in [0, 0.05) is 49.1 Å². The first-order chi connectivity index (χ1) is 13.6. The van der Waals surface area contributed by atoms with Gasteiger partial charge in [-0.2, -0.15) is 5.26 Å². The Morgan fingerprint density at radius 3 is 2.54 bits per heavy atom. The van der Waals surface area contributed by atoms with Crippen LogP contribution in [0.4, 0.5) is 5.69 Å². The van der Waals surface area contributed by atoms with Crippen LogP contribution >= 0.6 is 15.9 Å². The number of nitrogens with zero attached hydrogens (tertiary/aromatic N) is 3. The van der Waals surface area contributed by atoms with Crippen LogP contribution in [0.25, 0.3) is 0 Å². The molecular formula is C22H23BrN4O. The summed E-state index contributed by atoms with van der Waals surface area (Å²) < 4.78 is 1.02. The molecule has 3 rings (SSSR count). The van der Waals surface area contributed by atoms with E-state index in [1.54, 1.807) is 4.90 Å². The zero-order valence-corrected chi connectivity index (χ0v) is 17.4. The number of hydrogen-bond donors (Lipinski definition) is 1. The highest BCUT2D eigenvalue weighted by molar-refractivity contribution is 9.10. The Hall–Kier alpha value is -2.62. The van der Waals surface area contributed by atoms with E-state index < -0.39 is 0 Å². The summed E-state index contributed by atoms with van der Waals surface area (Å²) in [5, 5.41) is 12.5. The molecule has 6 heteroatoms. The minimum atomic E-state index is -0.219. The van der Waals surface area contributed by atoms with Crippen molar-refractivity contribution in [3.05, 3.63) is 75.9 Å². The number of rotatable bonds is 5. The Morgan fingerprint density at radius 1 is 1.18 bits per heavy atom. The number of anilines is 1. The molecule has 0 spiro atoms. The molecule has 1 saturated heterocycles. The molecule has 1 fully saturated rings. The topological polar surface area (TPSA) is 59.4 Å². The number of benzene rings is 2. The van der Waals surface area contributed by atoms with Crippen LogP contribution in [0.2, 0.25) is 0 Å². The molecule has 1 aliphatic heterocycles. The van der Waals surface area contributed by atoms with E-state index in [4.69, 9.17) is 0 Å². The van der Waals surface area contributed by atoms with Crippen LogP contribution in [0, 0.1) is 18.3 Å². The standard InChI is InChI=1S/C22H23BrN4O/c1-17-13-20(7-8-21(17)23)25-15-19(14-24)22(28)27-11-9-26(10-12-27)16-18-5-3-2-4-6-18/h2-8,13,15,25H,9-12,16H2,1H3/b19-15-. The lowest BCUT2D eigenvalue weighted by atomic mass is 10.2. The zero-order valence-electron chi connectivity index (χ0n) is 15.9. The molecule has 2 aromatic rings. The van der Waals surface area contributed by atoms with Gasteiger partial charge in [-0.3, -0.25) is 9.69 Å². The molecular weight excluding hydrogens is 416 g/mol. The lowest BCUT2D eigenvalue weighted by molar-refractivity contribution is -0.128. The smallest absolute Gasteiger partial charge is 0.266 e. The van der Waals surface area contributed by atoms with E-state index in [2.05, 4.69) is 38.3 Å². The molecule has 1 heterocycles. The fraction of sp³-hybridized carbons (Fsp3) is 0.273. The average molecular weight is 439 g/mol. The number of piperazine rings is 1. The highest BCUT2D eigenvalue weighted by Gasteiger charge is 2.23. The van der Waals surface area contributed by atoms with Gasteiger partial charge < -0.3 is 10.2 Å². The second kappa shape index (κ2) is 9.54. The molecule has 1 aliphatic rings. The first-order valence-electron chi connectivity index (χ1n) is 9.25. The number of hydrogen-bond acceptors (Lipinski definition) is 4. The van der Waals surface area contributed by atoms with Gasteiger partial charge in [-0.05, 0) is 36.2 Å². The van der Waals surface area contributed by atoms with Gasteiger partial charge >= 0.3 is 0 Å². The van der Waals surface area contributed by atoms with Crippen LogP contribution in [-0.4, -0.2) is 41.9 Å². The van der Waals surface area contributed by atoms with Gasteiger partial charge in [0.25, 0.3) is 5.91 Å². The molecule has 144 valence electrons. The monoisotopic (exact) mass is 438 g/mol. The maximum absolute atomic E-state index is 12.7. The predicted octanol–water partition coefficient (Wildman–Crippen LogP) is 3.92. The molecule has 0 aromatic heterocycles. The lowest BCUT2D eigenvalue weighted by Gasteiger charge is -2.34. The van der Waals surface area contributed by atoms with E-state index in [1.165, 1.54) is 11.8 Å². The number of aryl methyl sites for hydroxylation is 1. The Balaban J connectivity index is 1.56. The first kappa shape index (κ1) is 20.1. The Labute approximate surface area is 174 Å². The molecule has 0 aliphatic carbocycles. The summed E-state index contributed by atoms with van der Waals surface area (Å²) >= 11 is 3.46. The quantitative estimate of drug-likeness (QED) is 0.567. The lowest BCUT2D eigenvalue weighted by Crippen LogP contribution is -2.48. The van der Waals surface area contributed by atoms with Crippen molar-refractivity contribution in [1.29, 1.82) is 5.26 Å². The molecule has 1 amide bonds. The Bertz CT molecular complexity index is 896. The van der Waals surface area contributed by atoms with Gasteiger partial charge in [-0.15, -0.1) is 0 Å². The third-order valence-corrected chi connectivity index (χ3v) is 5.69. The van der Waals surface area contributed by atoms with Crippen LogP contribution in [0.1, 0.15) is 11.1 Å². The first-order valence-corrected chi connectivity index (χ1v) is 10.0. The fourth-order valence-corrected chi connectivity index (χ4v) is 3.40. The molecule has 0 radical (unpaired) electrons. The van der Waals surface area contributed by atoms with Crippen LogP contribution in [0.15, 0.2) is 64.8 Å². The van der Waals surface area contributed by atoms with Crippen LogP contribution in [0.3, 0.4) is 0 Å². The summed E-state index contributed by atoms with van der Waals surface area (Å²) in [5.74, 6) is -0.219. The van der Waals surface area contributed by atoms with Crippen LogP contribution < -0.4 is 5.32 Å². The summed E-state index contributed by atoms with van der Waals surface area (Å²) in [6.45, 7) is 5.74. The van der Waals surface area contributed by atoms with Gasteiger partial charge in [0.05, 0.1) is 0 Å². The van der Waals surface area contributed by atoms with E-state index in [0.717, 1.165) is 35.4 Å². The van der Waals surface area contributed by atoms with E-state index >= 15 is 0 Å². The molecule has 0 saturated carbocycles. The van der Waals surface area contributed by atoms with Crippen molar-refractivity contribution in [1.82, 2.24) is 9.80 Å². The van der Waals surface area contributed by atoms with E-state index in [-0.39, 0.29) is 11.5 Å². The van der Waals surface area contributed by atoms with Crippen molar-refractivity contribution < 1.29 is 4.79 Å². The summed E-state index contributed by atoms with van der Waals surface area (Å²) in [4.78, 5) is 16.8. The molecule has 0 atom stereocenters. The number of nitriles is 1. The van der Waals surface area contributed by atoms with Gasteiger partial charge in [-0.1, -0.05) is 46.3 Å². The van der Waals surface area contributed by atoms with E-state index in [0.29, 0.717) is 13.1 Å². The fourth-order valence-electron chi connectivity index (χ4n) is 3.15. The number of amides is 1. The molecule has 28 heavy (non-hydrogen) atoms. The summed E-state index contributed by atoms with van der Waals surface area (Å²) in [5.41, 5.74) is 3.32. The van der Waals surface area contributed by atoms with E-state index in [9.17, 15) is 10.1 Å². The highest BCUT2D eigenvalue weighted by atomic mass is 79.9. The largest absolute Gasteiger partial charge is 0.360 e. The summed E-state index contributed by atoms with van der Waals surface area (Å²) in [7, 11) is 0. The van der Waals surface area contributed by atoms with Crippen molar-refractivity contribution in [3.8, 4) is 6.07 Å². The third kappa shape index (κ3) is 5.22. The van der Waals surface area contributed by atoms with Crippen LogP contribution in [-0.2, 0) is 11.3 Å². The van der Waals surface area contributed by atoms with Crippen molar-refractivity contribution in [2.45, 2.75) is 13.5 Å². The summed E-state index contributed by atoms with van der Waals surface area (Å²) in [6.07, 6.45) is 1.50. The highest BCUT2D eigenvalue weighted by Crippen LogP contribution is 2.20. The second-order valence-electron chi connectivity index (χ2n) is 6.83. The normalized spacial score (nSPS) is 15.2. The molecule has 0 unspecified atom stereocenters. The maximum atomic E-state index is 12.7. The number of carbonyl (C=O) groups excluding carboxylic acids is 1. The maximum Gasteiger partial charge on any atom is 0.266 e. The predicted molar refractivity (Wildman–Crippen MR) is 114 cm³/mol. The minimum absolute atomic E-state index is 0.122. The molecule has 2 aromatic carbocycles. The van der Waals surface area contributed by atoms with Gasteiger partial charge in [-0.25, -0.2) is 0 Å². The minimum Gasteiger partial charge on any atom is -0.360 e. The van der Waals surface area contributed by atoms with Gasteiger partial charge in [0.2, 0.25) is 0 Å². The van der Waals surface area contributed by atoms with Gasteiger partial charge in [0.15, 0.2) is 0 Å². The molecule has 1 N–H and O–H groups in total. The molecule has 5 nitrogen and oxygen atoms in total. The SMILES string of the molecule is Cc1cc(N/C=C(/C#N)C(=O)N2CCN(Cc3ccccc3)CC2)ccc1Br. The Kier molecular flexibility index (Phi) is 6.85. The summed E-state index contributed by atoms with van der Waals surface area (Å²) in [6, 6.07) is 18.1. The van der Waals surface area contributed by atoms with Crippen LogP contribution in [0.5, 0.6) is 0 Å². The second-order valence-corrected chi connectivity index (χ2v) is 7.69. The molecule has 0 bridgehead atoms. The van der Waals surface area contributed by atoms with Crippen molar-refractivity contribution in [2.24, 2.45) is 0 Å². The Morgan fingerprint density at radius 2 is 1.89 bits per heavy atom. The number of nitrogens with one attached hydrogen (secondary N) is 1. The number of carbonyl (C=O) groups is 1. The third-order valence-electron chi connectivity index (χ3n) is 4.80. The van der Waals surface area contributed by atoms with E-state index in [1.807, 2.05) is 49.4 Å². The van der Waals surface area contributed by atoms with Crippen molar-refractivity contribution in [3.63, 3.8) is 0 Å². The van der Waals surface area contributed by atoms with Crippen molar-refractivity contribution in [2.75, 3.05) is 31.5 Å². The van der Waals surface area contributed by atoms with Crippen molar-refractivity contribution >= 4 is 27.5 Å².